The minimum absolute atomic E-state index is 0.581. The van der Waals surface area contributed by atoms with Gasteiger partial charge in [-0.25, -0.2) is 0 Å². The Balaban J connectivity index is 1.84. The Morgan fingerprint density at radius 1 is 1.30 bits per heavy atom. The van der Waals surface area contributed by atoms with Gasteiger partial charge in [0.25, 0.3) is 0 Å². The predicted octanol–water partition coefficient (Wildman–Crippen LogP) is 4.05. The van der Waals surface area contributed by atoms with Crippen LogP contribution in [0.15, 0.2) is 36.9 Å². The molecule has 1 N–H and O–H groups in total. The second-order valence-corrected chi connectivity index (χ2v) is 6.22. The summed E-state index contributed by atoms with van der Waals surface area (Å²) in [5.41, 5.74) is 4.36. The van der Waals surface area contributed by atoms with E-state index in [0.29, 0.717) is 6.04 Å². The molecule has 0 spiro atoms. The first-order valence-electron chi connectivity index (χ1n) is 7.83. The molecule has 0 aliphatic carbocycles. The molecule has 2 aliphatic heterocycles. The van der Waals surface area contributed by atoms with Crippen LogP contribution in [0.3, 0.4) is 0 Å². The summed E-state index contributed by atoms with van der Waals surface area (Å²) in [5.74, 6) is 0.730. The molecule has 3 heterocycles. The fourth-order valence-electron chi connectivity index (χ4n) is 4.28. The summed E-state index contributed by atoms with van der Waals surface area (Å²) >= 11 is 0. The number of benzene rings is 1. The second kappa shape index (κ2) is 4.78. The molecule has 2 nitrogen and oxygen atoms in total. The third-order valence-electron chi connectivity index (χ3n) is 5.12. The Hall–Kier alpha value is -1.54. The lowest BCUT2D eigenvalue weighted by atomic mass is 9.81. The highest BCUT2D eigenvalue weighted by Gasteiger charge is 2.37. The van der Waals surface area contributed by atoms with Crippen molar-refractivity contribution in [1.82, 2.24) is 9.88 Å². The Bertz CT molecular complexity index is 640. The first-order valence-corrected chi connectivity index (χ1v) is 7.83. The molecule has 1 saturated heterocycles. The van der Waals surface area contributed by atoms with E-state index in [-0.39, 0.29) is 0 Å². The molecular weight excluding hydrogens is 244 g/mol. The summed E-state index contributed by atoms with van der Waals surface area (Å²) in [5, 5.41) is 1.44. The maximum absolute atomic E-state index is 3.96. The Labute approximate surface area is 120 Å². The molecule has 2 heteroatoms. The fraction of sp³-hybridized carbons (Fsp3) is 0.444. The van der Waals surface area contributed by atoms with Crippen LogP contribution in [-0.2, 0) is 6.42 Å². The summed E-state index contributed by atoms with van der Waals surface area (Å²) in [6, 6.07) is 9.35. The largest absolute Gasteiger partial charge is 0.357 e. The van der Waals surface area contributed by atoms with E-state index in [1.54, 1.807) is 5.56 Å². The van der Waals surface area contributed by atoms with Crippen LogP contribution in [0.1, 0.15) is 36.6 Å². The average Bonchev–Trinajstić information content (AvgIpc) is 2.86. The van der Waals surface area contributed by atoms with Crippen molar-refractivity contribution >= 4 is 10.9 Å². The smallest absolute Gasteiger partial charge is 0.0532 e. The summed E-state index contributed by atoms with van der Waals surface area (Å²) in [4.78, 5) is 6.42. The van der Waals surface area contributed by atoms with E-state index in [4.69, 9.17) is 0 Å². The molecule has 0 radical (unpaired) electrons. The number of fused-ring (bicyclic) bond motifs is 5. The number of hydrogen-bond acceptors (Lipinski definition) is 1. The van der Waals surface area contributed by atoms with Gasteiger partial charge in [0.2, 0.25) is 0 Å². The maximum Gasteiger partial charge on any atom is 0.0532 e. The third-order valence-corrected chi connectivity index (χ3v) is 5.12. The van der Waals surface area contributed by atoms with Gasteiger partial charge in [-0.15, -0.1) is 6.58 Å². The van der Waals surface area contributed by atoms with Gasteiger partial charge in [-0.1, -0.05) is 24.3 Å². The van der Waals surface area contributed by atoms with Crippen molar-refractivity contribution in [3.05, 3.63) is 48.2 Å². The molecule has 2 unspecified atom stereocenters. The Kier molecular flexibility index (Phi) is 2.92. The zero-order valence-corrected chi connectivity index (χ0v) is 11.9. The summed E-state index contributed by atoms with van der Waals surface area (Å²) < 4.78 is 0. The Morgan fingerprint density at radius 3 is 3.10 bits per heavy atom. The standard InChI is InChI=1S/C18H22N2/c1-2-6-13-7-5-11-20-12-10-15-14-8-3-4-9-16(14)19-17(15)18(13)20/h2-4,8-9,13,18-19H,1,5-7,10-12H2. The maximum atomic E-state index is 3.96. The first kappa shape index (κ1) is 12.2. The molecule has 1 fully saturated rings. The van der Waals surface area contributed by atoms with E-state index in [9.17, 15) is 0 Å². The minimum Gasteiger partial charge on any atom is -0.357 e. The lowest BCUT2D eigenvalue weighted by Gasteiger charge is -2.44. The normalized spacial score (nSPS) is 26.2. The number of rotatable bonds is 2. The van der Waals surface area contributed by atoms with Crippen LogP contribution in [0.5, 0.6) is 0 Å². The van der Waals surface area contributed by atoms with Gasteiger partial charge in [0.05, 0.1) is 6.04 Å². The quantitative estimate of drug-likeness (QED) is 0.812. The number of nitrogens with one attached hydrogen (secondary N) is 1. The number of allylic oxidation sites excluding steroid dienone is 1. The minimum atomic E-state index is 0.581. The number of piperidine rings is 1. The average molecular weight is 266 g/mol. The van der Waals surface area contributed by atoms with Crippen LogP contribution >= 0.6 is 0 Å². The van der Waals surface area contributed by atoms with Crippen LogP contribution in [0.4, 0.5) is 0 Å². The Morgan fingerprint density at radius 2 is 2.20 bits per heavy atom. The van der Waals surface area contributed by atoms with Crippen molar-refractivity contribution in [3.8, 4) is 0 Å². The van der Waals surface area contributed by atoms with Gasteiger partial charge < -0.3 is 4.98 Å². The van der Waals surface area contributed by atoms with Gasteiger partial charge in [0.15, 0.2) is 0 Å². The van der Waals surface area contributed by atoms with E-state index >= 15 is 0 Å². The summed E-state index contributed by atoms with van der Waals surface area (Å²) in [6.45, 7) is 6.43. The topological polar surface area (TPSA) is 19.0 Å². The molecule has 2 atom stereocenters. The van der Waals surface area contributed by atoms with E-state index in [2.05, 4.69) is 46.8 Å². The lowest BCUT2D eigenvalue weighted by molar-refractivity contribution is 0.0821. The van der Waals surface area contributed by atoms with Crippen molar-refractivity contribution < 1.29 is 0 Å². The van der Waals surface area contributed by atoms with Crippen LogP contribution in [0.25, 0.3) is 10.9 Å². The molecule has 20 heavy (non-hydrogen) atoms. The van der Waals surface area contributed by atoms with E-state index in [0.717, 1.165) is 12.3 Å². The van der Waals surface area contributed by atoms with Gasteiger partial charge in [-0.05, 0) is 49.8 Å². The van der Waals surface area contributed by atoms with Gasteiger partial charge in [0, 0.05) is 23.1 Å². The molecule has 0 amide bonds. The molecular formula is C18H22N2. The third kappa shape index (κ3) is 1.75. The van der Waals surface area contributed by atoms with Crippen molar-refractivity contribution in [2.75, 3.05) is 13.1 Å². The predicted molar refractivity (Wildman–Crippen MR) is 83.9 cm³/mol. The molecule has 1 aromatic heterocycles. The molecule has 2 aromatic rings. The highest BCUT2D eigenvalue weighted by atomic mass is 15.2. The van der Waals surface area contributed by atoms with Crippen LogP contribution in [-0.4, -0.2) is 23.0 Å². The van der Waals surface area contributed by atoms with E-state index in [1.807, 2.05) is 0 Å². The van der Waals surface area contributed by atoms with Gasteiger partial charge >= 0.3 is 0 Å². The number of nitrogens with zero attached hydrogens (tertiary/aromatic N) is 1. The molecule has 4 rings (SSSR count). The van der Waals surface area contributed by atoms with Crippen molar-refractivity contribution in [2.24, 2.45) is 5.92 Å². The van der Waals surface area contributed by atoms with E-state index in [1.165, 1.54) is 48.9 Å². The monoisotopic (exact) mass is 266 g/mol. The molecule has 2 aliphatic rings. The van der Waals surface area contributed by atoms with E-state index < -0.39 is 0 Å². The second-order valence-electron chi connectivity index (χ2n) is 6.22. The molecule has 1 aromatic carbocycles. The zero-order valence-electron chi connectivity index (χ0n) is 11.9. The van der Waals surface area contributed by atoms with Gasteiger partial charge in [-0.3, -0.25) is 4.90 Å². The summed E-state index contributed by atoms with van der Waals surface area (Å²) in [7, 11) is 0. The molecule has 0 saturated carbocycles. The first-order chi connectivity index (χ1) is 9.88. The SMILES string of the molecule is C=CCC1CCCN2CCc3c([nH]c4ccccc34)C12. The van der Waals surface area contributed by atoms with Crippen molar-refractivity contribution in [3.63, 3.8) is 0 Å². The molecule has 104 valence electrons. The highest BCUT2D eigenvalue weighted by molar-refractivity contribution is 5.85. The van der Waals surface area contributed by atoms with Crippen LogP contribution in [0.2, 0.25) is 0 Å². The molecule has 0 bridgehead atoms. The van der Waals surface area contributed by atoms with Crippen LogP contribution in [0, 0.1) is 5.92 Å². The number of para-hydroxylation sites is 1. The number of hydrogen-bond donors (Lipinski definition) is 1. The van der Waals surface area contributed by atoms with Crippen molar-refractivity contribution in [2.45, 2.75) is 31.7 Å². The number of aromatic amines is 1. The van der Waals surface area contributed by atoms with Crippen molar-refractivity contribution in [1.29, 1.82) is 0 Å². The zero-order chi connectivity index (χ0) is 13.5. The van der Waals surface area contributed by atoms with Crippen LogP contribution < -0.4 is 0 Å². The fourth-order valence-corrected chi connectivity index (χ4v) is 4.28. The summed E-state index contributed by atoms with van der Waals surface area (Å²) in [6.07, 6.45) is 7.10. The van der Waals surface area contributed by atoms with Gasteiger partial charge in [0.1, 0.15) is 0 Å². The highest BCUT2D eigenvalue weighted by Crippen LogP contribution is 2.43. The number of aromatic nitrogens is 1. The lowest BCUT2D eigenvalue weighted by Crippen LogP contribution is -2.43. The van der Waals surface area contributed by atoms with Gasteiger partial charge in [-0.2, -0.15) is 0 Å². The number of H-pyrrole nitrogens is 1.